The number of ether oxygens (including phenoxy) is 4. The summed E-state index contributed by atoms with van der Waals surface area (Å²) < 4.78 is 21.3. The third-order valence-electron chi connectivity index (χ3n) is 3.00. The molecule has 0 atom stereocenters. The van der Waals surface area contributed by atoms with E-state index in [2.05, 4.69) is 0 Å². The van der Waals surface area contributed by atoms with Gasteiger partial charge < -0.3 is 18.9 Å². The summed E-state index contributed by atoms with van der Waals surface area (Å²) in [6.45, 7) is 2.38. The van der Waals surface area contributed by atoms with Crippen molar-refractivity contribution in [2.24, 2.45) is 0 Å². The number of esters is 1. The van der Waals surface area contributed by atoms with Crippen LogP contribution in [0.15, 0.2) is 60.6 Å². The predicted molar refractivity (Wildman–Crippen MR) is 99.7 cm³/mol. The van der Waals surface area contributed by atoms with Gasteiger partial charge in [-0.15, -0.1) is 0 Å². The molecule has 2 aromatic rings. The van der Waals surface area contributed by atoms with Gasteiger partial charge in [-0.05, 0) is 31.2 Å². The van der Waals surface area contributed by atoms with E-state index in [0.717, 1.165) is 0 Å². The molecular weight excluding hydrogens is 379 g/mol. The predicted octanol–water partition coefficient (Wildman–Crippen LogP) is 4.87. The molecule has 26 heavy (non-hydrogen) atoms. The summed E-state index contributed by atoms with van der Waals surface area (Å²) in [6.07, 6.45) is 1.21. The minimum absolute atomic E-state index is 0.0485. The van der Waals surface area contributed by atoms with Crippen molar-refractivity contribution in [2.45, 2.75) is 6.92 Å². The van der Waals surface area contributed by atoms with Crippen LogP contribution in [0.25, 0.3) is 0 Å². The molecule has 7 heteroatoms. The van der Waals surface area contributed by atoms with E-state index in [1.54, 1.807) is 49.4 Å². The van der Waals surface area contributed by atoms with E-state index in [4.69, 9.17) is 42.1 Å². The lowest BCUT2D eigenvalue weighted by atomic mass is 10.3. The van der Waals surface area contributed by atoms with Crippen LogP contribution in [-0.4, -0.2) is 25.8 Å². The molecule has 2 rings (SSSR count). The lowest BCUT2D eigenvalue weighted by molar-refractivity contribution is -0.141. The van der Waals surface area contributed by atoms with E-state index in [0.29, 0.717) is 21.5 Å². The molecule has 0 amide bonds. The van der Waals surface area contributed by atoms with Crippen LogP contribution in [0, 0.1) is 0 Å². The summed E-state index contributed by atoms with van der Waals surface area (Å²) in [5, 5.41) is 0.862. The fourth-order valence-electron chi connectivity index (χ4n) is 1.84. The fraction of sp³-hybridized carbons (Fsp3) is 0.211. The average molecular weight is 397 g/mol. The molecule has 0 unspecified atom stereocenters. The van der Waals surface area contributed by atoms with Gasteiger partial charge in [-0.3, -0.25) is 0 Å². The first-order valence-corrected chi connectivity index (χ1v) is 8.65. The van der Waals surface area contributed by atoms with Gasteiger partial charge in [0.15, 0.2) is 0 Å². The minimum Gasteiger partial charge on any atom is -0.493 e. The number of carbonyl (C=O) groups is 1. The highest BCUT2D eigenvalue weighted by atomic mass is 35.5. The second kappa shape index (κ2) is 10.6. The molecule has 0 saturated heterocycles. The Morgan fingerprint density at radius 3 is 2.46 bits per heavy atom. The van der Waals surface area contributed by atoms with Gasteiger partial charge in [-0.1, -0.05) is 41.4 Å². The van der Waals surface area contributed by atoms with Gasteiger partial charge in [0.1, 0.15) is 31.0 Å². The lowest BCUT2D eigenvalue weighted by Gasteiger charge is -2.10. The van der Waals surface area contributed by atoms with Crippen molar-refractivity contribution in [1.29, 1.82) is 0 Å². The summed E-state index contributed by atoms with van der Waals surface area (Å²) in [5.41, 5.74) is 0. The molecule has 0 bridgehead atoms. The third kappa shape index (κ3) is 6.50. The van der Waals surface area contributed by atoms with Gasteiger partial charge in [0.05, 0.1) is 16.7 Å². The number of carbonyl (C=O) groups excluding carboxylic acids is 1. The van der Waals surface area contributed by atoms with Crippen LogP contribution in [0.3, 0.4) is 0 Å². The zero-order valence-electron chi connectivity index (χ0n) is 14.1. The van der Waals surface area contributed by atoms with Crippen LogP contribution < -0.4 is 9.47 Å². The van der Waals surface area contributed by atoms with Crippen molar-refractivity contribution in [3.8, 4) is 11.5 Å². The Bertz CT molecular complexity index is 747. The minimum atomic E-state index is -0.609. The van der Waals surface area contributed by atoms with E-state index in [-0.39, 0.29) is 25.6 Å². The summed E-state index contributed by atoms with van der Waals surface area (Å²) in [5.74, 6) is 0.412. The van der Waals surface area contributed by atoms with E-state index >= 15 is 0 Å². The zero-order chi connectivity index (χ0) is 18.8. The molecule has 0 spiro atoms. The number of para-hydroxylation sites is 1. The van der Waals surface area contributed by atoms with Gasteiger partial charge in [0.25, 0.3) is 0 Å². The molecule has 0 aliphatic heterocycles. The SMILES string of the molecule is CCOC(=O)/C(=C\OCCOc1ccc(Cl)c(Cl)c1)Oc1ccccc1. The quantitative estimate of drug-likeness (QED) is 0.262. The fourth-order valence-corrected chi connectivity index (χ4v) is 2.13. The Kier molecular flexibility index (Phi) is 8.12. The number of halogens is 2. The highest BCUT2D eigenvalue weighted by Gasteiger charge is 2.14. The van der Waals surface area contributed by atoms with Crippen molar-refractivity contribution in [2.75, 3.05) is 19.8 Å². The summed E-state index contributed by atoms with van der Waals surface area (Å²) in [6, 6.07) is 13.8. The van der Waals surface area contributed by atoms with Crippen LogP contribution in [0.1, 0.15) is 6.92 Å². The largest absolute Gasteiger partial charge is 0.493 e. The molecule has 2 aromatic carbocycles. The Labute approximate surface area is 162 Å². The Hall–Kier alpha value is -2.37. The van der Waals surface area contributed by atoms with E-state index in [1.165, 1.54) is 6.26 Å². The first-order chi connectivity index (χ1) is 12.6. The van der Waals surface area contributed by atoms with Crippen molar-refractivity contribution in [1.82, 2.24) is 0 Å². The van der Waals surface area contributed by atoms with Crippen LogP contribution in [0.2, 0.25) is 10.0 Å². The molecule has 5 nitrogen and oxygen atoms in total. The van der Waals surface area contributed by atoms with Gasteiger partial charge in [0.2, 0.25) is 5.76 Å². The Morgan fingerprint density at radius 1 is 1.00 bits per heavy atom. The highest BCUT2D eigenvalue weighted by Crippen LogP contribution is 2.26. The van der Waals surface area contributed by atoms with E-state index in [9.17, 15) is 4.79 Å². The van der Waals surface area contributed by atoms with Crippen LogP contribution in [0.5, 0.6) is 11.5 Å². The normalized spacial score (nSPS) is 11.0. The maximum absolute atomic E-state index is 11.9. The van der Waals surface area contributed by atoms with Gasteiger partial charge in [-0.2, -0.15) is 0 Å². The third-order valence-corrected chi connectivity index (χ3v) is 3.74. The molecular formula is C19H18Cl2O5. The monoisotopic (exact) mass is 396 g/mol. The lowest BCUT2D eigenvalue weighted by Crippen LogP contribution is -2.14. The molecule has 0 aliphatic carbocycles. The molecule has 0 fully saturated rings. The van der Waals surface area contributed by atoms with Crippen molar-refractivity contribution < 1.29 is 23.7 Å². The molecule has 138 valence electrons. The van der Waals surface area contributed by atoms with Crippen LogP contribution in [-0.2, 0) is 14.3 Å². The van der Waals surface area contributed by atoms with Crippen molar-refractivity contribution in [3.63, 3.8) is 0 Å². The summed E-state index contributed by atoms with van der Waals surface area (Å²) in [4.78, 5) is 11.9. The Morgan fingerprint density at radius 2 is 1.77 bits per heavy atom. The second-order valence-electron chi connectivity index (χ2n) is 4.91. The summed E-state index contributed by atoms with van der Waals surface area (Å²) in [7, 11) is 0. The number of hydrogen-bond donors (Lipinski definition) is 0. The van der Waals surface area contributed by atoms with Gasteiger partial charge in [-0.25, -0.2) is 4.79 Å². The highest BCUT2D eigenvalue weighted by molar-refractivity contribution is 6.42. The first kappa shape index (κ1) is 19.9. The maximum Gasteiger partial charge on any atom is 0.377 e. The van der Waals surface area contributed by atoms with E-state index in [1.807, 2.05) is 6.07 Å². The first-order valence-electron chi connectivity index (χ1n) is 7.89. The summed E-state index contributed by atoms with van der Waals surface area (Å²) >= 11 is 11.8. The number of hydrogen-bond acceptors (Lipinski definition) is 5. The van der Waals surface area contributed by atoms with Gasteiger partial charge in [0, 0.05) is 6.07 Å². The zero-order valence-corrected chi connectivity index (χ0v) is 15.6. The second-order valence-corrected chi connectivity index (χ2v) is 5.73. The van der Waals surface area contributed by atoms with Crippen LogP contribution in [0.4, 0.5) is 0 Å². The smallest absolute Gasteiger partial charge is 0.377 e. The number of rotatable bonds is 9. The average Bonchev–Trinajstić information content (AvgIpc) is 2.64. The van der Waals surface area contributed by atoms with Crippen molar-refractivity contribution >= 4 is 29.2 Å². The number of benzene rings is 2. The standard InChI is InChI=1S/C19H18Cl2O5/c1-2-24-19(22)18(26-14-6-4-3-5-7-14)13-23-10-11-25-15-8-9-16(20)17(21)12-15/h3-9,12-13H,2,10-11H2,1H3/b18-13+. The van der Waals surface area contributed by atoms with E-state index < -0.39 is 5.97 Å². The molecule has 0 aliphatic rings. The topological polar surface area (TPSA) is 54.0 Å². The molecule has 0 heterocycles. The molecule has 0 aromatic heterocycles. The maximum atomic E-state index is 11.9. The molecule has 0 radical (unpaired) electrons. The molecule has 0 N–H and O–H groups in total. The van der Waals surface area contributed by atoms with Gasteiger partial charge >= 0.3 is 5.97 Å². The van der Waals surface area contributed by atoms with Crippen molar-refractivity contribution in [3.05, 3.63) is 70.6 Å². The molecule has 0 saturated carbocycles. The van der Waals surface area contributed by atoms with Crippen LogP contribution >= 0.6 is 23.2 Å². The Balaban J connectivity index is 1.88.